The summed E-state index contributed by atoms with van der Waals surface area (Å²) in [6.45, 7) is 1.70. The number of nitrogens with one attached hydrogen (secondary N) is 1. The van der Waals surface area contributed by atoms with E-state index in [4.69, 9.17) is 5.73 Å². The van der Waals surface area contributed by atoms with Crippen LogP contribution in [0.3, 0.4) is 0 Å². The Morgan fingerprint density at radius 1 is 1.33 bits per heavy atom. The minimum atomic E-state index is -0.667. The predicted octanol–water partition coefficient (Wildman–Crippen LogP) is 2.88. The second kappa shape index (κ2) is 5.58. The lowest BCUT2D eigenvalue weighted by Gasteiger charge is -2.10. The maximum absolute atomic E-state index is 13.2. The molecule has 0 fully saturated rings. The van der Waals surface area contributed by atoms with Crippen LogP contribution in [-0.2, 0) is 0 Å². The van der Waals surface area contributed by atoms with Gasteiger partial charge >= 0.3 is 0 Å². The summed E-state index contributed by atoms with van der Waals surface area (Å²) in [6.07, 6.45) is 0. The Morgan fingerprint density at radius 3 is 2.71 bits per heavy atom. The van der Waals surface area contributed by atoms with Crippen molar-refractivity contribution in [1.29, 1.82) is 0 Å². The van der Waals surface area contributed by atoms with Crippen molar-refractivity contribution < 1.29 is 14.1 Å². The Kier molecular flexibility index (Phi) is 3.84. The lowest BCUT2D eigenvalue weighted by molar-refractivity contribution is -0.383. The van der Waals surface area contributed by atoms with Gasteiger partial charge in [-0.25, -0.2) is 4.39 Å². The molecule has 0 aliphatic rings. The van der Waals surface area contributed by atoms with Gasteiger partial charge in [0.05, 0.1) is 10.5 Å². The van der Waals surface area contributed by atoms with Gasteiger partial charge in [0, 0.05) is 11.8 Å². The minimum Gasteiger partial charge on any atom is -0.393 e. The van der Waals surface area contributed by atoms with Gasteiger partial charge in [0.15, 0.2) is 0 Å². The van der Waals surface area contributed by atoms with Crippen LogP contribution in [0.4, 0.5) is 21.5 Å². The molecule has 2 aromatic carbocycles. The van der Waals surface area contributed by atoms with Crippen molar-refractivity contribution in [3.8, 4) is 0 Å². The fourth-order valence-electron chi connectivity index (χ4n) is 1.83. The van der Waals surface area contributed by atoms with Gasteiger partial charge in [-0.05, 0) is 30.7 Å². The van der Waals surface area contributed by atoms with E-state index in [1.54, 1.807) is 6.92 Å². The average molecular weight is 289 g/mol. The van der Waals surface area contributed by atoms with E-state index in [9.17, 15) is 19.3 Å². The zero-order chi connectivity index (χ0) is 15.6. The molecule has 0 heterocycles. The standard InChI is InChI=1S/C14H12FN3O3/c1-8-5-6-9(15)7-11(8)17-14(19)10-3-2-4-12(13(10)16)18(20)21/h2-7H,16H2,1H3,(H,17,19). The number of para-hydroxylation sites is 1. The molecule has 0 radical (unpaired) electrons. The molecule has 2 rings (SSSR count). The molecule has 0 saturated heterocycles. The number of hydrogen-bond donors (Lipinski definition) is 2. The molecule has 108 valence electrons. The van der Waals surface area contributed by atoms with Crippen LogP contribution < -0.4 is 11.1 Å². The fourth-order valence-corrected chi connectivity index (χ4v) is 1.83. The zero-order valence-corrected chi connectivity index (χ0v) is 11.1. The van der Waals surface area contributed by atoms with Crippen molar-refractivity contribution in [3.05, 3.63) is 63.5 Å². The normalized spacial score (nSPS) is 10.2. The van der Waals surface area contributed by atoms with Crippen LogP contribution in [-0.4, -0.2) is 10.8 Å². The van der Waals surface area contributed by atoms with Crippen LogP contribution in [0.1, 0.15) is 15.9 Å². The first-order valence-corrected chi connectivity index (χ1v) is 6.00. The molecule has 0 aliphatic heterocycles. The summed E-state index contributed by atoms with van der Waals surface area (Å²) >= 11 is 0. The largest absolute Gasteiger partial charge is 0.393 e. The van der Waals surface area contributed by atoms with Gasteiger partial charge in [-0.2, -0.15) is 0 Å². The monoisotopic (exact) mass is 289 g/mol. The van der Waals surface area contributed by atoms with Crippen LogP contribution in [0.25, 0.3) is 0 Å². The van der Waals surface area contributed by atoms with E-state index >= 15 is 0 Å². The molecular weight excluding hydrogens is 277 g/mol. The average Bonchev–Trinajstić information content (AvgIpc) is 2.42. The van der Waals surface area contributed by atoms with Gasteiger partial charge < -0.3 is 11.1 Å². The van der Waals surface area contributed by atoms with E-state index in [0.29, 0.717) is 5.56 Å². The maximum atomic E-state index is 13.2. The maximum Gasteiger partial charge on any atom is 0.292 e. The summed E-state index contributed by atoms with van der Waals surface area (Å²) in [7, 11) is 0. The lowest BCUT2D eigenvalue weighted by Crippen LogP contribution is -2.15. The highest BCUT2D eigenvalue weighted by atomic mass is 19.1. The van der Waals surface area contributed by atoms with Gasteiger partial charge in [-0.15, -0.1) is 0 Å². The molecule has 2 aromatic rings. The predicted molar refractivity (Wildman–Crippen MR) is 76.6 cm³/mol. The van der Waals surface area contributed by atoms with Crippen molar-refractivity contribution in [3.63, 3.8) is 0 Å². The number of nitrogens with zero attached hydrogens (tertiary/aromatic N) is 1. The highest BCUT2D eigenvalue weighted by Gasteiger charge is 2.19. The summed E-state index contributed by atoms with van der Waals surface area (Å²) in [5.74, 6) is -1.13. The number of anilines is 2. The van der Waals surface area contributed by atoms with Crippen LogP contribution >= 0.6 is 0 Å². The van der Waals surface area contributed by atoms with Gasteiger partial charge in [-0.3, -0.25) is 14.9 Å². The molecule has 7 heteroatoms. The third-order valence-corrected chi connectivity index (χ3v) is 2.97. The lowest BCUT2D eigenvalue weighted by atomic mass is 10.1. The summed E-state index contributed by atoms with van der Waals surface area (Å²) in [5, 5.41) is 13.3. The highest BCUT2D eigenvalue weighted by molar-refractivity contribution is 6.09. The molecule has 0 spiro atoms. The van der Waals surface area contributed by atoms with Crippen LogP contribution in [0.5, 0.6) is 0 Å². The number of aryl methyl sites for hydroxylation is 1. The number of nitro groups is 1. The van der Waals surface area contributed by atoms with Gasteiger partial charge in [0.25, 0.3) is 11.6 Å². The molecule has 6 nitrogen and oxygen atoms in total. The Labute approximate surface area is 119 Å². The molecule has 0 atom stereocenters. The van der Waals surface area contributed by atoms with Crippen molar-refractivity contribution >= 4 is 23.0 Å². The Morgan fingerprint density at radius 2 is 2.05 bits per heavy atom. The Bertz CT molecular complexity index is 731. The smallest absolute Gasteiger partial charge is 0.292 e. The van der Waals surface area contributed by atoms with E-state index < -0.39 is 16.6 Å². The van der Waals surface area contributed by atoms with Crippen molar-refractivity contribution in [1.82, 2.24) is 0 Å². The SMILES string of the molecule is Cc1ccc(F)cc1NC(=O)c1cccc([N+](=O)[O-])c1N. The fraction of sp³-hybridized carbons (Fsp3) is 0.0714. The molecule has 1 amide bonds. The summed E-state index contributed by atoms with van der Waals surface area (Å²) < 4.78 is 13.2. The number of halogens is 1. The summed E-state index contributed by atoms with van der Waals surface area (Å²) in [4.78, 5) is 22.3. The molecule has 0 bridgehead atoms. The van der Waals surface area contributed by atoms with Gasteiger partial charge in [-0.1, -0.05) is 12.1 Å². The van der Waals surface area contributed by atoms with Gasteiger partial charge in [0.1, 0.15) is 11.5 Å². The van der Waals surface area contributed by atoms with E-state index in [1.807, 2.05) is 0 Å². The Hall–Kier alpha value is -2.96. The second-order valence-corrected chi connectivity index (χ2v) is 4.41. The molecule has 0 saturated carbocycles. The van der Waals surface area contributed by atoms with Crippen LogP contribution in [0.15, 0.2) is 36.4 Å². The Balaban J connectivity index is 2.35. The highest BCUT2D eigenvalue weighted by Crippen LogP contribution is 2.26. The van der Waals surface area contributed by atoms with Crippen molar-refractivity contribution in [2.24, 2.45) is 0 Å². The number of carbonyl (C=O) groups excluding carboxylic acids is 1. The first kappa shape index (κ1) is 14.4. The number of amides is 1. The zero-order valence-electron chi connectivity index (χ0n) is 11.1. The number of carbonyl (C=O) groups is 1. The van der Waals surface area contributed by atoms with E-state index in [1.165, 1.54) is 36.4 Å². The van der Waals surface area contributed by atoms with Crippen molar-refractivity contribution in [2.75, 3.05) is 11.1 Å². The minimum absolute atomic E-state index is 0.0344. The first-order valence-electron chi connectivity index (χ1n) is 6.00. The third kappa shape index (κ3) is 2.97. The van der Waals surface area contributed by atoms with Crippen molar-refractivity contribution in [2.45, 2.75) is 6.92 Å². The van der Waals surface area contributed by atoms with Crippen LogP contribution in [0.2, 0.25) is 0 Å². The summed E-state index contributed by atoms with van der Waals surface area (Å²) in [6, 6.07) is 7.89. The number of rotatable bonds is 3. The summed E-state index contributed by atoms with van der Waals surface area (Å²) in [5.41, 5.74) is 5.96. The topological polar surface area (TPSA) is 98.3 Å². The number of benzene rings is 2. The second-order valence-electron chi connectivity index (χ2n) is 4.41. The molecular formula is C14H12FN3O3. The molecule has 21 heavy (non-hydrogen) atoms. The first-order chi connectivity index (χ1) is 9.90. The number of hydrogen-bond acceptors (Lipinski definition) is 4. The quantitative estimate of drug-likeness (QED) is 0.515. The van der Waals surface area contributed by atoms with Crippen LogP contribution in [0, 0.1) is 22.9 Å². The molecule has 0 aliphatic carbocycles. The number of nitrogens with two attached hydrogens (primary N) is 1. The van der Waals surface area contributed by atoms with E-state index in [0.717, 1.165) is 0 Å². The van der Waals surface area contributed by atoms with Gasteiger partial charge in [0.2, 0.25) is 0 Å². The van der Waals surface area contributed by atoms with E-state index in [2.05, 4.69) is 5.32 Å². The van der Waals surface area contributed by atoms with E-state index in [-0.39, 0.29) is 22.6 Å². The molecule has 0 aromatic heterocycles. The number of nitrogen functional groups attached to an aromatic ring is 1. The number of nitro benzene ring substituents is 1. The molecule has 3 N–H and O–H groups in total. The molecule has 0 unspecified atom stereocenters. The third-order valence-electron chi connectivity index (χ3n) is 2.97.